The van der Waals surface area contributed by atoms with E-state index in [4.69, 9.17) is 4.74 Å². The van der Waals surface area contributed by atoms with E-state index in [1.807, 2.05) is 24.5 Å². The molecule has 0 atom stereocenters. The molecule has 4 aromatic heterocycles. The molecule has 12 nitrogen and oxygen atoms in total. The molecule has 1 amide bonds. The minimum atomic E-state index is -0.266. The summed E-state index contributed by atoms with van der Waals surface area (Å²) in [6.07, 6.45) is 6.62. The van der Waals surface area contributed by atoms with Gasteiger partial charge in [0.25, 0.3) is 5.91 Å². The van der Waals surface area contributed by atoms with Crippen LogP contribution in [0.4, 0.5) is 5.82 Å². The summed E-state index contributed by atoms with van der Waals surface area (Å²) in [5.74, 6) is 1.92. The van der Waals surface area contributed by atoms with Gasteiger partial charge in [-0.05, 0) is 26.0 Å². The molecule has 0 saturated heterocycles. The number of carbonyl (C=O) groups excluding carboxylic acids is 1. The lowest BCUT2D eigenvalue weighted by Crippen LogP contribution is -2.33. The van der Waals surface area contributed by atoms with Crippen molar-refractivity contribution in [3.05, 3.63) is 60.7 Å². The van der Waals surface area contributed by atoms with Crippen LogP contribution in [0.15, 0.2) is 49.3 Å². The number of carbonyl (C=O) groups is 1. The third-order valence-corrected chi connectivity index (χ3v) is 4.62. The Labute approximate surface area is 183 Å². The third kappa shape index (κ3) is 5.03. The van der Waals surface area contributed by atoms with Crippen molar-refractivity contribution in [2.24, 2.45) is 0 Å². The van der Waals surface area contributed by atoms with Gasteiger partial charge in [0.05, 0.1) is 5.69 Å². The Morgan fingerprint density at radius 3 is 2.72 bits per heavy atom. The molecular weight excluding hydrogens is 412 g/mol. The van der Waals surface area contributed by atoms with Gasteiger partial charge in [-0.25, -0.2) is 19.6 Å². The lowest BCUT2D eigenvalue weighted by atomic mass is 10.4. The predicted molar refractivity (Wildman–Crippen MR) is 115 cm³/mol. The van der Waals surface area contributed by atoms with Gasteiger partial charge < -0.3 is 15.4 Å². The molecule has 2 N–H and O–H groups in total. The topological polar surface area (TPSA) is 138 Å². The van der Waals surface area contributed by atoms with E-state index in [0.717, 1.165) is 17.2 Å². The number of ether oxygens (including phenoxy) is 1. The summed E-state index contributed by atoms with van der Waals surface area (Å²) in [4.78, 5) is 24.8. The standard InChI is InChI=1S/C20H22N10O2/c1-14-15(2)29(13-25-14)18-10-16(23-12-24-18)21-7-8-22-19(31)11-32-20-5-4-17(27-28-20)30-9-3-6-26-30/h3-6,9-10,12-13H,7-8,11H2,1-2H3,(H,22,31)(H,21,23,24). The molecular formula is C20H22N10O2. The second-order valence-electron chi connectivity index (χ2n) is 6.79. The fraction of sp³-hybridized carbons (Fsp3) is 0.250. The van der Waals surface area contributed by atoms with E-state index < -0.39 is 0 Å². The van der Waals surface area contributed by atoms with Crippen molar-refractivity contribution >= 4 is 11.7 Å². The SMILES string of the molecule is Cc1ncn(-c2cc(NCCNC(=O)COc3ccc(-n4cccn4)nn3)ncn2)c1C. The first-order chi connectivity index (χ1) is 15.6. The Bertz CT molecular complexity index is 1170. The molecule has 0 bridgehead atoms. The van der Waals surface area contributed by atoms with Crippen LogP contribution >= 0.6 is 0 Å². The van der Waals surface area contributed by atoms with Gasteiger partial charge in [0.2, 0.25) is 5.88 Å². The second-order valence-corrected chi connectivity index (χ2v) is 6.79. The van der Waals surface area contributed by atoms with Gasteiger partial charge in [0.1, 0.15) is 24.3 Å². The average molecular weight is 434 g/mol. The first-order valence-corrected chi connectivity index (χ1v) is 9.90. The molecule has 0 aliphatic rings. The molecule has 0 spiro atoms. The van der Waals surface area contributed by atoms with Gasteiger partial charge in [-0.3, -0.25) is 9.36 Å². The number of anilines is 1. The van der Waals surface area contributed by atoms with Crippen molar-refractivity contribution in [3.63, 3.8) is 0 Å². The molecule has 0 radical (unpaired) electrons. The van der Waals surface area contributed by atoms with Gasteiger partial charge in [0, 0.05) is 43.3 Å². The maximum Gasteiger partial charge on any atom is 0.258 e. The van der Waals surface area contributed by atoms with Crippen LogP contribution in [0.3, 0.4) is 0 Å². The largest absolute Gasteiger partial charge is 0.466 e. The molecule has 0 aromatic carbocycles. The molecule has 0 aliphatic heterocycles. The van der Waals surface area contributed by atoms with Crippen molar-refractivity contribution in [2.75, 3.05) is 25.0 Å². The summed E-state index contributed by atoms with van der Waals surface area (Å²) >= 11 is 0. The highest BCUT2D eigenvalue weighted by Gasteiger charge is 2.08. The van der Waals surface area contributed by atoms with Gasteiger partial charge in [-0.2, -0.15) is 5.10 Å². The lowest BCUT2D eigenvalue weighted by Gasteiger charge is -2.10. The van der Waals surface area contributed by atoms with Gasteiger partial charge in [0.15, 0.2) is 12.4 Å². The zero-order valence-electron chi connectivity index (χ0n) is 17.6. The van der Waals surface area contributed by atoms with Gasteiger partial charge >= 0.3 is 0 Å². The highest BCUT2D eigenvalue weighted by Crippen LogP contribution is 2.13. The summed E-state index contributed by atoms with van der Waals surface area (Å²) < 4.78 is 8.84. The van der Waals surface area contributed by atoms with E-state index in [2.05, 4.69) is 40.9 Å². The van der Waals surface area contributed by atoms with Crippen LogP contribution in [-0.4, -0.2) is 65.1 Å². The van der Waals surface area contributed by atoms with Crippen molar-refractivity contribution in [3.8, 4) is 17.5 Å². The molecule has 0 saturated carbocycles. The fourth-order valence-electron chi connectivity index (χ4n) is 2.80. The van der Waals surface area contributed by atoms with E-state index in [9.17, 15) is 4.79 Å². The van der Waals surface area contributed by atoms with Crippen LogP contribution < -0.4 is 15.4 Å². The maximum atomic E-state index is 12.0. The number of hydrogen-bond donors (Lipinski definition) is 2. The Balaban J connectivity index is 1.19. The van der Waals surface area contributed by atoms with E-state index >= 15 is 0 Å². The Kier molecular flexibility index (Phi) is 6.30. The Hall–Kier alpha value is -4.35. The van der Waals surface area contributed by atoms with Crippen LogP contribution in [0.5, 0.6) is 5.88 Å². The molecule has 4 heterocycles. The molecule has 4 rings (SSSR count). The summed E-state index contributed by atoms with van der Waals surface area (Å²) in [6, 6.07) is 6.95. The summed E-state index contributed by atoms with van der Waals surface area (Å²) in [7, 11) is 0. The zero-order valence-corrected chi connectivity index (χ0v) is 17.6. The number of amides is 1. The lowest BCUT2D eigenvalue weighted by molar-refractivity contribution is -0.123. The maximum absolute atomic E-state index is 12.0. The molecule has 0 aliphatic carbocycles. The smallest absolute Gasteiger partial charge is 0.258 e. The van der Waals surface area contributed by atoms with Crippen LogP contribution in [-0.2, 0) is 4.79 Å². The van der Waals surface area contributed by atoms with E-state index in [0.29, 0.717) is 24.7 Å². The normalized spacial score (nSPS) is 10.7. The van der Waals surface area contributed by atoms with Crippen LogP contribution in [0.25, 0.3) is 11.6 Å². The van der Waals surface area contributed by atoms with Crippen molar-refractivity contribution in [2.45, 2.75) is 13.8 Å². The van der Waals surface area contributed by atoms with Gasteiger partial charge in [-0.1, -0.05) is 0 Å². The molecule has 12 heteroatoms. The fourth-order valence-corrected chi connectivity index (χ4v) is 2.80. The highest BCUT2D eigenvalue weighted by molar-refractivity contribution is 5.77. The van der Waals surface area contributed by atoms with Crippen molar-refractivity contribution in [1.82, 2.24) is 44.8 Å². The summed E-state index contributed by atoms with van der Waals surface area (Å²) in [5.41, 5.74) is 1.96. The zero-order chi connectivity index (χ0) is 22.3. The second kappa shape index (κ2) is 9.64. The minimum Gasteiger partial charge on any atom is -0.466 e. The highest BCUT2D eigenvalue weighted by atomic mass is 16.5. The number of hydrogen-bond acceptors (Lipinski definition) is 9. The average Bonchev–Trinajstić information content (AvgIpc) is 3.47. The number of rotatable bonds is 9. The summed E-state index contributed by atoms with van der Waals surface area (Å²) in [6.45, 7) is 4.65. The van der Waals surface area contributed by atoms with Crippen LogP contribution in [0.2, 0.25) is 0 Å². The predicted octanol–water partition coefficient (Wildman–Crippen LogP) is 0.862. The molecule has 4 aromatic rings. The summed E-state index contributed by atoms with van der Waals surface area (Å²) in [5, 5.41) is 17.9. The number of imidazole rings is 1. The third-order valence-electron chi connectivity index (χ3n) is 4.62. The van der Waals surface area contributed by atoms with E-state index in [-0.39, 0.29) is 18.4 Å². The van der Waals surface area contributed by atoms with E-state index in [1.165, 1.54) is 6.33 Å². The van der Waals surface area contributed by atoms with Crippen LogP contribution in [0, 0.1) is 13.8 Å². The quantitative estimate of drug-likeness (QED) is 0.367. The molecule has 0 unspecified atom stereocenters. The number of aryl methyl sites for hydroxylation is 1. The number of aromatic nitrogens is 8. The first kappa shape index (κ1) is 20.9. The number of nitrogens with one attached hydrogen (secondary N) is 2. The monoisotopic (exact) mass is 434 g/mol. The first-order valence-electron chi connectivity index (χ1n) is 9.90. The molecule has 32 heavy (non-hydrogen) atoms. The van der Waals surface area contributed by atoms with Crippen molar-refractivity contribution < 1.29 is 9.53 Å². The Morgan fingerprint density at radius 2 is 2.00 bits per heavy atom. The van der Waals surface area contributed by atoms with E-state index in [1.54, 1.807) is 41.6 Å². The van der Waals surface area contributed by atoms with Crippen molar-refractivity contribution in [1.29, 1.82) is 0 Å². The molecule has 164 valence electrons. The minimum absolute atomic E-state index is 0.160. The number of nitrogens with zero attached hydrogens (tertiary/aromatic N) is 8. The Morgan fingerprint density at radius 1 is 1.09 bits per heavy atom. The van der Waals surface area contributed by atoms with Crippen LogP contribution in [0.1, 0.15) is 11.4 Å². The van der Waals surface area contributed by atoms with Gasteiger partial charge in [-0.15, -0.1) is 10.2 Å². The molecule has 0 fully saturated rings.